The van der Waals surface area contributed by atoms with Crippen molar-refractivity contribution in [2.24, 2.45) is 5.92 Å². The van der Waals surface area contributed by atoms with Crippen molar-refractivity contribution in [1.82, 2.24) is 14.3 Å². The van der Waals surface area contributed by atoms with Gasteiger partial charge in [0.05, 0.1) is 0 Å². The first-order valence-electron chi connectivity index (χ1n) is 7.58. The minimum atomic E-state index is -3.58. The molecule has 0 amide bonds. The molecule has 0 bridgehead atoms. The maximum absolute atomic E-state index is 12.3. The van der Waals surface area contributed by atoms with Gasteiger partial charge in [-0.2, -0.15) is 0 Å². The largest absolute Gasteiger partial charge is 0.396 e. The first-order chi connectivity index (χ1) is 9.94. The maximum Gasteiger partial charge on any atom is 0.259 e. The number of nitrogens with zero attached hydrogens (tertiary/aromatic N) is 2. The summed E-state index contributed by atoms with van der Waals surface area (Å²) in [6.45, 7) is 7.08. The van der Waals surface area contributed by atoms with Gasteiger partial charge in [-0.3, -0.25) is 0 Å². The van der Waals surface area contributed by atoms with Crippen molar-refractivity contribution in [2.45, 2.75) is 58.0 Å². The predicted molar refractivity (Wildman–Crippen MR) is 82.5 cm³/mol. The van der Waals surface area contributed by atoms with Gasteiger partial charge in [-0.05, 0) is 32.1 Å². The van der Waals surface area contributed by atoms with Crippen LogP contribution in [0.1, 0.15) is 45.4 Å². The van der Waals surface area contributed by atoms with E-state index in [1.807, 2.05) is 11.5 Å². The van der Waals surface area contributed by atoms with Gasteiger partial charge in [0.2, 0.25) is 0 Å². The van der Waals surface area contributed by atoms with Gasteiger partial charge in [-0.15, -0.1) is 0 Å². The molecule has 0 saturated heterocycles. The minimum absolute atomic E-state index is 0.0766. The molecular formula is C14H27N3O3S. The zero-order valence-electron chi connectivity index (χ0n) is 13.2. The summed E-state index contributed by atoms with van der Waals surface area (Å²) in [5.41, 5.74) is 0. The van der Waals surface area contributed by atoms with Crippen molar-refractivity contribution < 1.29 is 13.5 Å². The smallest absolute Gasteiger partial charge is 0.259 e. The Bertz CT molecular complexity index is 520. The standard InChI is InChI=1S/C14H27N3O3S/c1-4-6-13(7-9-18)10-15-21(19,20)14-11-17(8-5-2)12(3)16-14/h11,13,15,18H,4-10H2,1-3H3. The number of imidazole rings is 1. The van der Waals surface area contributed by atoms with E-state index in [0.29, 0.717) is 18.8 Å². The SMILES string of the molecule is CCCC(CCO)CNS(=O)(=O)c1cn(CCC)c(C)n1. The number of aliphatic hydroxyl groups is 1. The molecule has 0 aliphatic carbocycles. The molecule has 1 atom stereocenters. The van der Waals surface area contributed by atoms with E-state index in [2.05, 4.69) is 16.6 Å². The van der Waals surface area contributed by atoms with Gasteiger partial charge in [0, 0.05) is 25.9 Å². The number of aromatic nitrogens is 2. The lowest BCUT2D eigenvalue weighted by molar-refractivity contribution is 0.251. The maximum atomic E-state index is 12.3. The van der Waals surface area contributed by atoms with E-state index in [0.717, 1.165) is 25.8 Å². The lowest BCUT2D eigenvalue weighted by Crippen LogP contribution is -2.30. The molecule has 0 aromatic carbocycles. The molecule has 1 aromatic rings. The molecule has 1 unspecified atom stereocenters. The highest BCUT2D eigenvalue weighted by Gasteiger charge is 2.20. The predicted octanol–water partition coefficient (Wildman–Crippen LogP) is 1.68. The molecule has 6 nitrogen and oxygen atoms in total. The van der Waals surface area contributed by atoms with Gasteiger partial charge in [-0.1, -0.05) is 20.3 Å². The second-order valence-electron chi connectivity index (χ2n) is 5.34. The molecule has 1 aromatic heterocycles. The second kappa shape index (κ2) is 8.51. The van der Waals surface area contributed by atoms with Crippen LogP contribution in [0.2, 0.25) is 0 Å². The Labute approximate surface area is 127 Å². The van der Waals surface area contributed by atoms with E-state index < -0.39 is 10.0 Å². The van der Waals surface area contributed by atoms with Crippen LogP contribution in [0.15, 0.2) is 11.2 Å². The number of nitrogens with one attached hydrogen (secondary N) is 1. The average Bonchev–Trinajstić information content (AvgIpc) is 2.80. The summed E-state index contributed by atoms with van der Waals surface area (Å²) < 4.78 is 29.0. The summed E-state index contributed by atoms with van der Waals surface area (Å²) in [7, 11) is -3.58. The van der Waals surface area contributed by atoms with E-state index in [9.17, 15) is 8.42 Å². The van der Waals surface area contributed by atoms with Crippen LogP contribution in [0.4, 0.5) is 0 Å². The van der Waals surface area contributed by atoms with Crippen LogP contribution in [0.5, 0.6) is 0 Å². The third kappa shape index (κ3) is 5.41. The Morgan fingerprint density at radius 1 is 1.33 bits per heavy atom. The van der Waals surface area contributed by atoms with Crippen molar-refractivity contribution >= 4 is 10.0 Å². The average molecular weight is 317 g/mol. The molecule has 0 radical (unpaired) electrons. The highest BCUT2D eigenvalue weighted by Crippen LogP contribution is 2.13. The van der Waals surface area contributed by atoms with E-state index >= 15 is 0 Å². The molecule has 0 fully saturated rings. The summed E-state index contributed by atoms with van der Waals surface area (Å²) in [6, 6.07) is 0. The zero-order chi connectivity index (χ0) is 15.9. The molecule has 0 spiro atoms. The fourth-order valence-electron chi connectivity index (χ4n) is 2.32. The number of hydrogen-bond donors (Lipinski definition) is 2. The van der Waals surface area contributed by atoms with E-state index in [1.165, 1.54) is 0 Å². The quantitative estimate of drug-likeness (QED) is 0.687. The van der Waals surface area contributed by atoms with Crippen LogP contribution in [-0.2, 0) is 16.6 Å². The number of aryl methyl sites for hydroxylation is 2. The third-order valence-electron chi connectivity index (χ3n) is 3.49. The van der Waals surface area contributed by atoms with Crippen molar-refractivity contribution in [3.8, 4) is 0 Å². The zero-order valence-corrected chi connectivity index (χ0v) is 14.0. The van der Waals surface area contributed by atoms with Gasteiger partial charge in [0.15, 0.2) is 5.03 Å². The Kier molecular flexibility index (Phi) is 7.34. The molecular weight excluding hydrogens is 290 g/mol. The number of hydrogen-bond acceptors (Lipinski definition) is 4. The van der Waals surface area contributed by atoms with Crippen molar-refractivity contribution in [2.75, 3.05) is 13.2 Å². The van der Waals surface area contributed by atoms with Gasteiger partial charge in [0.1, 0.15) is 5.82 Å². The third-order valence-corrected chi connectivity index (χ3v) is 4.78. The Morgan fingerprint density at radius 2 is 2.05 bits per heavy atom. The lowest BCUT2D eigenvalue weighted by Gasteiger charge is -2.15. The monoisotopic (exact) mass is 317 g/mol. The van der Waals surface area contributed by atoms with E-state index in [1.54, 1.807) is 13.1 Å². The molecule has 1 rings (SSSR count). The fraction of sp³-hybridized carbons (Fsp3) is 0.786. The molecule has 0 saturated carbocycles. The number of aliphatic hydroxyl groups excluding tert-OH is 1. The molecule has 21 heavy (non-hydrogen) atoms. The summed E-state index contributed by atoms with van der Waals surface area (Å²) in [5.74, 6) is 0.867. The normalized spacial score (nSPS) is 13.5. The summed E-state index contributed by atoms with van der Waals surface area (Å²) >= 11 is 0. The van der Waals surface area contributed by atoms with Gasteiger partial charge in [0.25, 0.3) is 10.0 Å². The van der Waals surface area contributed by atoms with Crippen LogP contribution in [0, 0.1) is 12.8 Å². The molecule has 0 aliphatic heterocycles. The molecule has 1 heterocycles. The van der Waals surface area contributed by atoms with Gasteiger partial charge < -0.3 is 9.67 Å². The summed E-state index contributed by atoms with van der Waals surface area (Å²) in [4.78, 5) is 4.13. The van der Waals surface area contributed by atoms with E-state index in [4.69, 9.17) is 5.11 Å². The Hall–Kier alpha value is -0.920. The summed E-state index contributed by atoms with van der Waals surface area (Å²) in [6.07, 6.45) is 4.99. The van der Waals surface area contributed by atoms with Gasteiger partial charge in [-0.25, -0.2) is 18.1 Å². The number of rotatable bonds is 10. The Morgan fingerprint density at radius 3 is 2.62 bits per heavy atom. The van der Waals surface area contributed by atoms with Crippen LogP contribution in [0.3, 0.4) is 0 Å². The molecule has 122 valence electrons. The molecule has 0 aliphatic rings. The first-order valence-corrected chi connectivity index (χ1v) is 9.07. The molecule has 7 heteroatoms. The fourth-order valence-corrected chi connectivity index (χ4v) is 3.44. The molecule has 2 N–H and O–H groups in total. The number of sulfonamides is 1. The van der Waals surface area contributed by atoms with Crippen molar-refractivity contribution in [1.29, 1.82) is 0 Å². The van der Waals surface area contributed by atoms with Crippen LogP contribution in [0.25, 0.3) is 0 Å². The van der Waals surface area contributed by atoms with Crippen molar-refractivity contribution in [3.63, 3.8) is 0 Å². The van der Waals surface area contributed by atoms with Crippen LogP contribution >= 0.6 is 0 Å². The van der Waals surface area contributed by atoms with Crippen LogP contribution in [-0.4, -0.2) is 36.2 Å². The second-order valence-corrected chi connectivity index (χ2v) is 7.05. The summed E-state index contributed by atoms with van der Waals surface area (Å²) in [5, 5.41) is 9.09. The highest BCUT2D eigenvalue weighted by atomic mass is 32.2. The highest BCUT2D eigenvalue weighted by molar-refractivity contribution is 7.89. The first kappa shape index (κ1) is 18.1. The topological polar surface area (TPSA) is 84.2 Å². The van der Waals surface area contributed by atoms with E-state index in [-0.39, 0.29) is 17.6 Å². The lowest BCUT2D eigenvalue weighted by atomic mass is 10.0. The Balaban J connectivity index is 2.74. The minimum Gasteiger partial charge on any atom is -0.396 e. The van der Waals surface area contributed by atoms with Crippen molar-refractivity contribution in [3.05, 3.63) is 12.0 Å². The van der Waals surface area contributed by atoms with Gasteiger partial charge >= 0.3 is 0 Å². The van der Waals surface area contributed by atoms with Crippen LogP contribution < -0.4 is 4.72 Å².